The molecule has 2 bridgehead atoms. The van der Waals surface area contributed by atoms with Crippen LogP contribution in [0.15, 0.2) is 0 Å². The Hall–Kier alpha value is -1.08. The van der Waals surface area contributed by atoms with Crippen molar-refractivity contribution in [2.24, 2.45) is 5.41 Å². The Labute approximate surface area is 109 Å². The summed E-state index contributed by atoms with van der Waals surface area (Å²) in [6.07, 6.45) is 5.83. The average molecular weight is 247 g/mol. The lowest BCUT2D eigenvalue weighted by Crippen LogP contribution is -2.57. The van der Waals surface area contributed by atoms with Gasteiger partial charge in [-0.05, 0) is 32.7 Å². The smallest absolute Gasteiger partial charge is 0.243 e. The first-order chi connectivity index (χ1) is 8.66. The van der Waals surface area contributed by atoms with Gasteiger partial charge in [-0.15, -0.1) is 0 Å². The molecule has 2 aliphatic heterocycles. The van der Waals surface area contributed by atoms with E-state index >= 15 is 0 Å². The molecule has 2 unspecified atom stereocenters. The van der Waals surface area contributed by atoms with E-state index in [0.717, 1.165) is 51.6 Å². The summed E-state index contributed by atoms with van der Waals surface area (Å²) < 4.78 is 0. The molecule has 0 N–H and O–H groups in total. The number of likely N-dealkylation sites (tertiary alicyclic amines) is 1. The summed E-state index contributed by atoms with van der Waals surface area (Å²) in [5.74, 6) is 0.142. The predicted molar refractivity (Wildman–Crippen MR) is 67.7 cm³/mol. The Morgan fingerprint density at radius 3 is 2.28 bits per heavy atom. The molecule has 3 fully saturated rings. The number of nitriles is 1. The van der Waals surface area contributed by atoms with Crippen LogP contribution in [0.25, 0.3) is 0 Å². The van der Waals surface area contributed by atoms with Crippen molar-refractivity contribution < 1.29 is 4.79 Å². The number of rotatable bonds is 1. The minimum absolute atomic E-state index is 0.142. The highest BCUT2D eigenvalue weighted by atomic mass is 16.2. The van der Waals surface area contributed by atoms with Gasteiger partial charge in [-0.1, -0.05) is 12.8 Å². The van der Waals surface area contributed by atoms with Crippen molar-refractivity contribution in [1.82, 2.24) is 9.80 Å². The van der Waals surface area contributed by atoms with E-state index < -0.39 is 5.41 Å². The van der Waals surface area contributed by atoms with Crippen molar-refractivity contribution in [2.45, 2.75) is 50.6 Å². The van der Waals surface area contributed by atoms with Crippen molar-refractivity contribution in [3.05, 3.63) is 0 Å². The highest BCUT2D eigenvalue weighted by Gasteiger charge is 2.50. The molecule has 1 saturated carbocycles. The van der Waals surface area contributed by atoms with Crippen LogP contribution in [0.3, 0.4) is 0 Å². The molecule has 0 radical (unpaired) electrons. The van der Waals surface area contributed by atoms with Crippen molar-refractivity contribution in [3.8, 4) is 6.07 Å². The summed E-state index contributed by atoms with van der Waals surface area (Å²) in [5.41, 5.74) is -0.684. The van der Waals surface area contributed by atoms with Crippen LogP contribution in [0.5, 0.6) is 0 Å². The van der Waals surface area contributed by atoms with Gasteiger partial charge < -0.3 is 9.80 Å². The fourth-order valence-electron chi connectivity index (χ4n) is 4.04. The summed E-state index contributed by atoms with van der Waals surface area (Å²) >= 11 is 0. The summed E-state index contributed by atoms with van der Waals surface area (Å²) in [4.78, 5) is 17.2. The SMILES string of the molecule is CN1CC2CCC(C1)N2C(=O)C1(C#N)CCCC1. The van der Waals surface area contributed by atoms with Crippen LogP contribution >= 0.6 is 0 Å². The fraction of sp³-hybridized carbons (Fsp3) is 0.857. The third kappa shape index (κ3) is 1.65. The van der Waals surface area contributed by atoms with Gasteiger partial charge in [-0.25, -0.2) is 0 Å². The number of piperazine rings is 1. The summed E-state index contributed by atoms with van der Waals surface area (Å²) in [6.45, 7) is 1.95. The summed E-state index contributed by atoms with van der Waals surface area (Å²) in [6, 6.07) is 3.06. The second-order valence-electron chi connectivity index (χ2n) is 6.22. The maximum absolute atomic E-state index is 12.8. The first-order valence-electron chi connectivity index (χ1n) is 7.09. The van der Waals surface area contributed by atoms with Gasteiger partial charge in [0.1, 0.15) is 5.41 Å². The normalized spacial score (nSPS) is 34.6. The maximum atomic E-state index is 12.8. The minimum Gasteiger partial charge on any atom is -0.333 e. The van der Waals surface area contributed by atoms with Gasteiger partial charge in [0, 0.05) is 25.2 Å². The van der Waals surface area contributed by atoms with E-state index in [1.54, 1.807) is 0 Å². The van der Waals surface area contributed by atoms with Gasteiger partial charge in [-0.2, -0.15) is 5.26 Å². The second-order valence-corrected chi connectivity index (χ2v) is 6.22. The molecule has 4 nitrogen and oxygen atoms in total. The van der Waals surface area contributed by atoms with E-state index in [9.17, 15) is 10.1 Å². The molecule has 0 aromatic rings. The van der Waals surface area contributed by atoms with Crippen LogP contribution in [-0.2, 0) is 4.79 Å². The molecular weight excluding hydrogens is 226 g/mol. The van der Waals surface area contributed by atoms with Gasteiger partial charge in [0.2, 0.25) is 5.91 Å². The van der Waals surface area contributed by atoms with Crippen LogP contribution < -0.4 is 0 Å². The Morgan fingerprint density at radius 1 is 1.22 bits per heavy atom. The molecule has 2 heterocycles. The summed E-state index contributed by atoms with van der Waals surface area (Å²) in [7, 11) is 2.13. The quantitative estimate of drug-likeness (QED) is 0.703. The third-order valence-corrected chi connectivity index (χ3v) is 4.98. The van der Waals surface area contributed by atoms with Crippen LogP contribution in [0.1, 0.15) is 38.5 Å². The highest BCUT2D eigenvalue weighted by molar-refractivity contribution is 5.86. The molecule has 4 heteroatoms. The van der Waals surface area contributed by atoms with E-state index in [2.05, 4.69) is 22.9 Å². The van der Waals surface area contributed by atoms with Crippen LogP contribution in [0, 0.1) is 16.7 Å². The molecule has 3 aliphatic rings. The van der Waals surface area contributed by atoms with Crippen molar-refractivity contribution >= 4 is 5.91 Å². The second kappa shape index (κ2) is 4.24. The zero-order valence-electron chi connectivity index (χ0n) is 11.1. The van der Waals surface area contributed by atoms with Crippen molar-refractivity contribution in [2.75, 3.05) is 20.1 Å². The minimum atomic E-state index is -0.684. The molecule has 18 heavy (non-hydrogen) atoms. The molecule has 0 aromatic heterocycles. The molecule has 0 spiro atoms. The van der Waals surface area contributed by atoms with Crippen molar-refractivity contribution in [1.29, 1.82) is 5.26 Å². The Kier molecular flexibility index (Phi) is 2.82. The van der Waals surface area contributed by atoms with E-state index in [0.29, 0.717) is 12.1 Å². The first kappa shape index (κ1) is 12.0. The molecule has 0 aromatic carbocycles. The Bertz CT molecular complexity index is 380. The van der Waals surface area contributed by atoms with Gasteiger partial charge in [0.05, 0.1) is 6.07 Å². The standard InChI is InChI=1S/C14H21N3O/c1-16-8-11-4-5-12(9-16)17(11)13(18)14(10-15)6-2-3-7-14/h11-12H,2-9H2,1H3. The number of fused-ring (bicyclic) bond motifs is 2. The van der Waals surface area contributed by atoms with E-state index in [1.807, 2.05) is 0 Å². The lowest BCUT2D eigenvalue weighted by molar-refractivity contribution is -0.144. The van der Waals surface area contributed by atoms with Crippen LogP contribution in [0.2, 0.25) is 0 Å². The van der Waals surface area contributed by atoms with Crippen molar-refractivity contribution in [3.63, 3.8) is 0 Å². The van der Waals surface area contributed by atoms with E-state index in [-0.39, 0.29) is 5.91 Å². The molecule has 2 atom stereocenters. The number of carbonyl (C=O) groups excluding carboxylic acids is 1. The lowest BCUT2D eigenvalue weighted by Gasteiger charge is -2.42. The topological polar surface area (TPSA) is 47.3 Å². The zero-order chi connectivity index (χ0) is 12.8. The number of carbonyl (C=O) groups is 1. The molecular formula is C14H21N3O. The monoisotopic (exact) mass is 247 g/mol. The molecule has 98 valence electrons. The number of hydrogen-bond acceptors (Lipinski definition) is 3. The Morgan fingerprint density at radius 2 is 1.78 bits per heavy atom. The zero-order valence-corrected chi connectivity index (χ0v) is 11.1. The lowest BCUT2D eigenvalue weighted by atomic mass is 9.85. The van der Waals surface area contributed by atoms with Crippen LogP contribution in [-0.4, -0.2) is 47.9 Å². The fourth-order valence-corrected chi connectivity index (χ4v) is 4.04. The molecule has 1 amide bonds. The van der Waals surface area contributed by atoms with Gasteiger partial charge in [0.25, 0.3) is 0 Å². The number of nitrogens with zero attached hydrogens (tertiary/aromatic N) is 3. The highest BCUT2D eigenvalue weighted by Crippen LogP contribution is 2.42. The molecule has 3 rings (SSSR count). The van der Waals surface area contributed by atoms with Gasteiger partial charge >= 0.3 is 0 Å². The largest absolute Gasteiger partial charge is 0.333 e. The maximum Gasteiger partial charge on any atom is 0.243 e. The van der Waals surface area contributed by atoms with Gasteiger partial charge in [0.15, 0.2) is 0 Å². The van der Waals surface area contributed by atoms with E-state index in [4.69, 9.17) is 0 Å². The van der Waals surface area contributed by atoms with Crippen LogP contribution in [0.4, 0.5) is 0 Å². The summed E-state index contributed by atoms with van der Waals surface area (Å²) in [5, 5.41) is 9.45. The predicted octanol–water partition coefficient (Wildman–Crippen LogP) is 1.38. The first-order valence-corrected chi connectivity index (χ1v) is 7.09. The third-order valence-electron chi connectivity index (χ3n) is 4.98. The Balaban J connectivity index is 1.83. The average Bonchev–Trinajstić information content (AvgIpc) is 2.93. The number of amides is 1. The molecule has 1 aliphatic carbocycles. The number of likely N-dealkylation sites (N-methyl/N-ethyl adjacent to an activating group) is 1. The van der Waals surface area contributed by atoms with Gasteiger partial charge in [-0.3, -0.25) is 4.79 Å². The molecule has 2 saturated heterocycles. The number of hydrogen-bond donors (Lipinski definition) is 0. The van der Waals surface area contributed by atoms with E-state index in [1.165, 1.54) is 0 Å².